The molecule has 1 amide bonds. The number of hydrogen-bond donors (Lipinski definition) is 0. The van der Waals surface area contributed by atoms with E-state index >= 15 is 0 Å². The summed E-state index contributed by atoms with van der Waals surface area (Å²) >= 11 is 1.78. The van der Waals surface area contributed by atoms with Crippen LogP contribution in [-0.4, -0.2) is 33.4 Å². The fourth-order valence-corrected chi connectivity index (χ4v) is 5.13. The van der Waals surface area contributed by atoms with E-state index in [-0.39, 0.29) is 5.91 Å². The molecule has 1 saturated heterocycles. The van der Waals surface area contributed by atoms with Crippen LogP contribution in [0.1, 0.15) is 53.0 Å². The van der Waals surface area contributed by atoms with Gasteiger partial charge in [0.15, 0.2) is 0 Å². The van der Waals surface area contributed by atoms with Crippen LogP contribution in [0.3, 0.4) is 0 Å². The number of carbonyl (C=O) groups excluding carboxylic acids is 1. The SMILES string of the molecule is CC1CCc2c(C(=O)N3CCCC(n4ccnc4)C3)csc2C1. The third-order valence-electron chi connectivity index (χ3n) is 5.26. The zero-order chi connectivity index (χ0) is 15.8. The molecule has 0 radical (unpaired) electrons. The van der Waals surface area contributed by atoms with Gasteiger partial charge in [-0.25, -0.2) is 4.98 Å². The number of likely N-dealkylation sites (tertiary alicyclic amines) is 1. The average Bonchev–Trinajstić information content (AvgIpc) is 3.23. The standard InChI is InChI=1S/C18H23N3OS/c1-13-4-5-15-16(11-23-17(15)9-13)18(22)20-7-2-3-14(10-20)21-8-6-19-12-21/h6,8,11-14H,2-5,7,9-10H2,1H3. The zero-order valence-electron chi connectivity index (χ0n) is 13.6. The molecule has 1 aliphatic carbocycles. The highest BCUT2D eigenvalue weighted by Gasteiger charge is 2.29. The van der Waals surface area contributed by atoms with Crippen LogP contribution in [0.4, 0.5) is 0 Å². The molecule has 4 rings (SSSR count). The highest BCUT2D eigenvalue weighted by Crippen LogP contribution is 2.34. The van der Waals surface area contributed by atoms with Crippen molar-refractivity contribution < 1.29 is 4.79 Å². The topological polar surface area (TPSA) is 38.1 Å². The lowest BCUT2D eigenvalue weighted by atomic mass is 9.88. The lowest BCUT2D eigenvalue weighted by molar-refractivity contribution is 0.0678. The van der Waals surface area contributed by atoms with Gasteiger partial charge in [-0.1, -0.05) is 6.92 Å². The molecule has 2 aromatic heterocycles. The summed E-state index contributed by atoms with van der Waals surface area (Å²) in [6.45, 7) is 3.99. The Morgan fingerprint density at radius 1 is 1.39 bits per heavy atom. The van der Waals surface area contributed by atoms with E-state index in [0.717, 1.165) is 50.3 Å². The van der Waals surface area contributed by atoms with Gasteiger partial charge in [-0.05, 0) is 43.6 Å². The van der Waals surface area contributed by atoms with Gasteiger partial charge < -0.3 is 9.47 Å². The lowest BCUT2D eigenvalue weighted by Crippen LogP contribution is -2.40. The van der Waals surface area contributed by atoms with Crippen LogP contribution in [0.5, 0.6) is 0 Å². The number of piperidine rings is 1. The molecular formula is C18H23N3OS. The minimum absolute atomic E-state index is 0.238. The predicted molar refractivity (Wildman–Crippen MR) is 91.9 cm³/mol. The summed E-state index contributed by atoms with van der Waals surface area (Å²) in [4.78, 5) is 20.7. The Hall–Kier alpha value is -1.62. The summed E-state index contributed by atoms with van der Waals surface area (Å²) in [6.07, 6.45) is 11.3. The molecule has 3 heterocycles. The Balaban J connectivity index is 1.53. The number of fused-ring (bicyclic) bond motifs is 1. The van der Waals surface area contributed by atoms with Crippen LogP contribution in [-0.2, 0) is 12.8 Å². The second kappa shape index (κ2) is 6.11. The van der Waals surface area contributed by atoms with Crippen LogP contribution in [0, 0.1) is 5.92 Å². The molecular weight excluding hydrogens is 306 g/mol. The van der Waals surface area contributed by atoms with Crippen molar-refractivity contribution in [3.63, 3.8) is 0 Å². The van der Waals surface area contributed by atoms with Gasteiger partial charge in [-0.2, -0.15) is 0 Å². The highest BCUT2D eigenvalue weighted by atomic mass is 32.1. The Labute approximate surface area is 141 Å². The van der Waals surface area contributed by atoms with E-state index in [2.05, 4.69) is 26.8 Å². The van der Waals surface area contributed by atoms with Gasteiger partial charge in [-0.15, -0.1) is 11.3 Å². The van der Waals surface area contributed by atoms with Gasteiger partial charge in [-0.3, -0.25) is 4.79 Å². The number of hydrogen-bond acceptors (Lipinski definition) is 3. The van der Waals surface area contributed by atoms with Gasteiger partial charge in [0.2, 0.25) is 0 Å². The monoisotopic (exact) mass is 329 g/mol. The Morgan fingerprint density at radius 3 is 3.13 bits per heavy atom. The Morgan fingerprint density at radius 2 is 2.30 bits per heavy atom. The van der Waals surface area contributed by atoms with Crippen molar-refractivity contribution in [2.24, 2.45) is 5.92 Å². The van der Waals surface area contributed by atoms with Gasteiger partial charge in [0.25, 0.3) is 5.91 Å². The van der Waals surface area contributed by atoms with Crippen molar-refractivity contribution in [3.05, 3.63) is 40.1 Å². The van der Waals surface area contributed by atoms with Crippen LogP contribution in [0.2, 0.25) is 0 Å². The smallest absolute Gasteiger partial charge is 0.255 e. The molecule has 23 heavy (non-hydrogen) atoms. The number of thiophene rings is 1. The maximum atomic E-state index is 13.0. The number of aromatic nitrogens is 2. The van der Waals surface area contributed by atoms with Gasteiger partial charge >= 0.3 is 0 Å². The molecule has 2 aliphatic rings. The second-order valence-electron chi connectivity index (χ2n) is 6.96. The molecule has 1 fully saturated rings. The second-order valence-corrected chi connectivity index (χ2v) is 7.92. The number of carbonyl (C=O) groups is 1. The van der Waals surface area contributed by atoms with Gasteiger partial charge in [0.05, 0.1) is 17.9 Å². The van der Waals surface area contributed by atoms with Crippen LogP contribution < -0.4 is 0 Å². The van der Waals surface area contributed by atoms with Crippen molar-refractivity contribution >= 4 is 17.2 Å². The van der Waals surface area contributed by atoms with Crippen LogP contribution >= 0.6 is 11.3 Å². The summed E-state index contributed by atoms with van der Waals surface area (Å²) in [5.41, 5.74) is 2.31. The summed E-state index contributed by atoms with van der Waals surface area (Å²) in [5, 5.41) is 2.10. The van der Waals surface area contributed by atoms with E-state index in [1.165, 1.54) is 16.9 Å². The van der Waals surface area contributed by atoms with Crippen molar-refractivity contribution in [1.82, 2.24) is 14.5 Å². The molecule has 1 aliphatic heterocycles. The first-order valence-corrected chi connectivity index (χ1v) is 9.46. The summed E-state index contributed by atoms with van der Waals surface area (Å²) in [7, 11) is 0. The molecule has 5 heteroatoms. The fourth-order valence-electron chi connectivity index (χ4n) is 3.90. The normalized spacial score (nSPS) is 24.5. The van der Waals surface area contributed by atoms with E-state index in [1.807, 2.05) is 18.7 Å². The third-order valence-corrected chi connectivity index (χ3v) is 6.31. The highest BCUT2D eigenvalue weighted by molar-refractivity contribution is 7.10. The van der Waals surface area contributed by atoms with E-state index in [1.54, 1.807) is 11.3 Å². The number of nitrogens with zero attached hydrogens (tertiary/aromatic N) is 3. The molecule has 2 unspecified atom stereocenters. The maximum Gasteiger partial charge on any atom is 0.255 e. The Kier molecular flexibility index (Phi) is 3.97. The van der Waals surface area contributed by atoms with Crippen molar-refractivity contribution in [2.75, 3.05) is 13.1 Å². The van der Waals surface area contributed by atoms with Crippen LogP contribution in [0.15, 0.2) is 24.1 Å². The van der Waals surface area contributed by atoms with E-state index < -0.39 is 0 Å². The Bertz CT molecular complexity index is 691. The maximum absolute atomic E-state index is 13.0. The largest absolute Gasteiger partial charge is 0.337 e. The molecule has 0 saturated carbocycles. The molecule has 2 aromatic rings. The first kappa shape index (κ1) is 14.9. The first-order chi connectivity index (χ1) is 11.2. The van der Waals surface area contributed by atoms with Crippen molar-refractivity contribution in [2.45, 2.75) is 45.1 Å². The average molecular weight is 329 g/mol. The van der Waals surface area contributed by atoms with Crippen molar-refractivity contribution in [3.8, 4) is 0 Å². The molecule has 4 nitrogen and oxygen atoms in total. The fraction of sp³-hybridized carbons (Fsp3) is 0.556. The van der Waals surface area contributed by atoms with Crippen molar-refractivity contribution in [1.29, 1.82) is 0 Å². The summed E-state index contributed by atoms with van der Waals surface area (Å²) in [5.74, 6) is 0.992. The van der Waals surface area contributed by atoms with Crippen LogP contribution in [0.25, 0.3) is 0 Å². The van der Waals surface area contributed by atoms with E-state index in [9.17, 15) is 4.79 Å². The first-order valence-electron chi connectivity index (χ1n) is 8.58. The summed E-state index contributed by atoms with van der Waals surface area (Å²) < 4.78 is 2.14. The minimum Gasteiger partial charge on any atom is -0.337 e. The van der Waals surface area contributed by atoms with Gasteiger partial charge in [0, 0.05) is 35.7 Å². The molecule has 2 atom stereocenters. The number of rotatable bonds is 2. The lowest BCUT2D eigenvalue weighted by Gasteiger charge is -2.33. The van der Waals surface area contributed by atoms with E-state index in [4.69, 9.17) is 0 Å². The number of imidazole rings is 1. The van der Waals surface area contributed by atoms with E-state index in [0.29, 0.717) is 6.04 Å². The zero-order valence-corrected chi connectivity index (χ0v) is 14.4. The third kappa shape index (κ3) is 2.82. The molecule has 122 valence electrons. The predicted octanol–water partition coefficient (Wildman–Crippen LogP) is 3.55. The molecule has 0 bridgehead atoms. The summed E-state index contributed by atoms with van der Waals surface area (Å²) in [6, 6.07) is 0.365. The number of amides is 1. The molecule has 0 N–H and O–H groups in total. The minimum atomic E-state index is 0.238. The molecule has 0 spiro atoms. The molecule has 0 aromatic carbocycles. The quantitative estimate of drug-likeness (QED) is 0.845. The van der Waals surface area contributed by atoms with Gasteiger partial charge in [0.1, 0.15) is 0 Å².